The Morgan fingerprint density at radius 3 is 2.21 bits per heavy atom. The predicted molar refractivity (Wildman–Crippen MR) is 183 cm³/mol. The predicted octanol–water partition coefficient (Wildman–Crippen LogP) is 5.38. The number of aromatic nitrogens is 3. The number of hydrogen-bond acceptors (Lipinski definition) is 9. The van der Waals surface area contributed by atoms with Gasteiger partial charge < -0.3 is 25.2 Å². The van der Waals surface area contributed by atoms with Crippen LogP contribution in [0, 0.1) is 5.41 Å². The molecule has 1 atom stereocenters. The quantitative estimate of drug-likeness (QED) is 0.182. The molecule has 1 amide bonds. The fraction of sp³-hybridized carbons (Fsp3) is 0.371. The minimum atomic E-state index is -0.0521. The number of halogens is 2. The Hall–Kier alpha value is -3.80. The Morgan fingerprint density at radius 2 is 1.60 bits per heavy atom. The van der Waals surface area contributed by atoms with Crippen LogP contribution in [0.2, 0.25) is 10.0 Å². The van der Waals surface area contributed by atoms with E-state index in [0.29, 0.717) is 70.5 Å². The Balaban J connectivity index is 1.23. The van der Waals surface area contributed by atoms with E-state index in [1.807, 2.05) is 48.5 Å². The van der Waals surface area contributed by atoms with Gasteiger partial charge in [-0.05, 0) is 12.5 Å². The average molecular weight is 678 g/mol. The molecule has 2 fully saturated rings. The highest BCUT2D eigenvalue weighted by atomic mass is 35.5. The molecule has 0 spiro atoms. The van der Waals surface area contributed by atoms with Gasteiger partial charge in [-0.2, -0.15) is 0 Å². The van der Waals surface area contributed by atoms with Gasteiger partial charge >= 0.3 is 0 Å². The SMILES string of the molecule is COc1nc(-c2cccc(-c3cccc(-c4cnc(CNC[C@@H]5CCC(=O)N5)c(OC)n4)c3Cl)c2Cl)ccc1CN1CC(C)(CO)C1. The number of benzene rings is 2. The van der Waals surface area contributed by atoms with E-state index in [1.54, 1.807) is 20.4 Å². The molecule has 12 heteroatoms. The Morgan fingerprint density at radius 1 is 0.957 bits per heavy atom. The molecule has 10 nitrogen and oxygen atoms in total. The zero-order chi connectivity index (χ0) is 33.1. The lowest BCUT2D eigenvalue weighted by atomic mass is 9.83. The van der Waals surface area contributed by atoms with Gasteiger partial charge in [-0.3, -0.25) is 14.7 Å². The maximum Gasteiger partial charge on any atom is 0.237 e. The van der Waals surface area contributed by atoms with Gasteiger partial charge in [-0.1, -0.05) is 72.6 Å². The maximum absolute atomic E-state index is 11.5. The van der Waals surface area contributed by atoms with Gasteiger partial charge in [0.2, 0.25) is 17.7 Å². The van der Waals surface area contributed by atoms with Crippen LogP contribution in [0.4, 0.5) is 0 Å². The Labute approximate surface area is 284 Å². The largest absolute Gasteiger partial charge is 0.481 e. The molecule has 4 aromatic rings. The van der Waals surface area contributed by atoms with E-state index in [4.69, 9.17) is 42.6 Å². The first-order chi connectivity index (χ1) is 22.7. The second-order valence-corrected chi connectivity index (χ2v) is 13.2. The Bertz CT molecular complexity index is 1780. The lowest BCUT2D eigenvalue weighted by Gasteiger charge is -2.47. The number of likely N-dealkylation sites (tertiary alicyclic amines) is 1. The van der Waals surface area contributed by atoms with Crippen LogP contribution in [0.1, 0.15) is 31.0 Å². The van der Waals surface area contributed by atoms with Crippen molar-refractivity contribution in [2.75, 3.05) is 40.5 Å². The molecule has 0 saturated carbocycles. The van der Waals surface area contributed by atoms with Gasteiger partial charge in [-0.15, -0.1) is 0 Å². The molecule has 47 heavy (non-hydrogen) atoms. The maximum atomic E-state index is 11.5. The molecule has 2 aromatic carbocycles. The second kappa shape index (κ2) is 14.1. The van der Waals surface area contributed by atoms with E-state index in [9.17, 15) is 9.90 Å². The van der Waals surface area contributed by atoms with E-state index in [1.165, 1.54) is 0 Å². The number of hydrogen-bond donors (Lipinski definition) is 3. The van der Waals surface area contributed by atoms with Crippen molar-refractivity contribution in [2.24, 2.45) is 5.41 Å². The molecule has 0 aliphatic carbocycles. The number of carbonyl (C=O) groups excluding carboxylic acids is 1. The van der Waals surface area contributed by atoms with E-state index in [-0.39, 0.29) is 24.0 Å². The molecule has 0 unspecified atom stereocenters. The van der Waals surface area contributed by atoms with Crippen LogP contribution in [0.5, 0.6) is 11.8 Å². The van der Waals surface area contributed by atoms with E-state index >= 15 is 0 Å². The summed E-state index contributed by atoms with van der Waals surface area (Å²) < 4.78 is 11.3. The summed E-state index contributed by atoms with van der Waals surface area (Å²) >= 11 is 14.1. The summed E-state index contributed by atoms with van der Waals surface area (Å²) in [4.78, 5) is 27.9. The number of carbonyl (C=O) groups is 1. The third-order valence-electron chi connectivity index (χ3n) is 8.73. The molecule has 3 N–H and O–H groups in total. The van der Waals surface area contributed by atoms with Crippen LogP contribution in [-0.4, -0.2) is 77.4 Å². The summed E-state index contributed by atoms with van der Waals surface area (Å²) in [5, 5.41) is 16.9. The molecule has 6 rings (SSSR count). The summed E-state index contributed by atoms with van der Waals surface area (Å²) in [7, 11) is 3.18. The molecular weight excluding hydrogens is 639 g/mol. The molecular formula is C35H38Cl2N6O4. The highest BCUT2D eigenvalue weighted by molar-refractivity contribution is 6.39. The van der Waals surface area contributed by atoms with Crippen LogP contribution in [0.3, 0.4) is 0 Å². The number of ether oxygens (including phenoxy) is 2. The lowest BCUT2D eigenvalue weighted by molar-refractivity contribution is -0.119. The number of nitrogens with one attached hydrogen (secondary N) is 2. The first-order valence-corrected chi connectivity index (χ1v) is 16.3. The highest BCUT2D eigenvalue weighted by Gasteiger charge is 2.38. The van der Waals surface area contributed by atoms with Crippen molar-refractivity contribution in [2.45, 2.75) is 38.9 Å². The number of rotatable bonds is 12. The van der Waals surface area contributed by atoms with Crippen LogP contribution >= 0.6 is 23.2 Å². The first kappa shape index (κ1) is 33.1. The zero-order valence-electron chi connectivity index (χ0n) is 26.6. The van der Waals surface area contributed by atoms with Crippen molar-refractivity contribution in [1.82, 2.24) is 30.5 Å². The molecule has 2 aliphatic rings. The molecule has 0 radical (unpaired) electrons. The van der Waals surface area contributed by atoms with Gasteiger partial charge in [0.1, 0.15) is 5.69 Å². The molecule has 2 aliphatic heterocycles. The van der Waals surface area contributed by atoms with Gasteiger partial charge in [0.15, 0.2) is 0 Å². The van der Waals surface area contributed by atoms with Gasteiger partial charge in [0.25, 0.3) is 0 Å². The van der Waals surface area contributed by atoms with Crippen molar-refractivity contribution < 1.29 is 19.4 Å². The third-order valence-corrected chi connectivity index (χ3v) is 9.55. The third kappa shape index (κ3) is 7.07. The number of aliphatic hydroxyl groups excluding tert-OH is 1. The minimum Gasteiger partial charge on any atom is -0.481 e. The second-order valence-electron chi connectivity index (χ2n) is 12.5. The number of methoxy groups -OCH3 is 2. The van der Waals surface area contributed by atoms with Crippen LogP contribution < -0.4 is 20.1 Å². The molecule has 4 heterocycles. The van der Waals surface area contributed by atoms with Crippen molar-refractivity contribution >= 4 is 29.1 Å². The lowest BCUT2D eigenvalue weighted by Crippen LogP contribution is -2.55. The standard InChI is InChI=1S/C35H38Cl2N6O4/c1-35(20-44)18-43(19-35)17-21-10-12-27(41-33(21)46-2)25-8-4-6-23(31(25)36)24-7-5-9-26(32(24)37)28-16-39-29(34(42-28)47-3)15-38-14-22-11-13-30(45)40-22/h4-10,12,16,22,38,44H,11,13-15,17-20H2,1-3H3,(H,40,45)/t22-/m0/s1. The number of pyridine rings is 1. The summed E-state index contributed by atoms with van der Waals surface area (Å²) in [6, 6.07) is 15.6. The fourth-order valence-electron chi connectivity index (χ4n) is 6.28. The van der Waals surface area contributed by atoms with Crippen molar-refractivity contribution in [3.8, 4) is 45.4 Å². The van der Waals surface area contributed by atoms with Crippen molar-refractivity contribution in [3.63, 3.8) is 0 Å². The highest BCUT2D eigenvalue weighted by Crippen LogP contribution is 2.42. The van der Waals surface area contributed by atoms with Crippen molar-refractivity contribution in [3.05, 3.63) is 76.0 Å². The summed E-state index contributed by atoms with van der Waals surface area (Å²) in [6.45, 7) is 5.68. The summed E-state index contributed by atoms with van der Waals surface area (Å²) in [5.74, 6) is 1.02. The van der Waals surface area contributed by atoms with Crippen molar-refractivity contribution in [1.29, 1.82) is 0 Å². The number of amides is 1. The summed E-state index contributed by atoms with van der Waals surface area (Å²) in [6.07, 6.45) is 3.06. The number of aliphatic hydroxyl groups is 1. The van der Waals surface area contributed by atoms with E-state index in [2.05, 4.69) is 27.4 Å². The molecule has 246 valence electrons. The zero-order valence-corrected chi connectivity index (χ0v) is 28.2. The Kier molecular flexibility index (Phi) is 9.96. The van der Waals surface area contributed by atoms with Crippen LogP contribution in [0.15, 0.2) is 54.7 Å². The van der Waals surface area contributed by atoms with Gasteiger partial charge in [-0.25, -0.2) is 9.97 Å². The van der Waals surface area contributed by atoms with E-state index in [0.717, 1.165) is 41.8 Å². The fourth-order valence-corrected chi connectivity index (χ4v) is 6.93. The van der Waals surface area contributed by atoms with E-state index < -0.39 is 0 Å². The number of nitrogens with zero attached hydrogens (tertiary/aromatic N) is 4. The normalized spacial score (nSPS) is 17.3. The average Bonchev–Trinajstić information content (AvgIpc) is 3.49. The minimum absolute atomic E-state index is 0.0521. The monoisotopic (exact) mass is 676 g/mol. The molecule has 2 saturated heterocycles. The molecule has 0 bridgehead atoms. The van der Waals surface area contributed by atoms with Crippen LogP contribution in [0.25, 0.3) is 33.6 Å². The molecule has 2 aromatic heterocycles. The van der Waals surface area contributed by atoms with Crippen LogP contribution in [-0.2, 0) is 17.9 Å². The summed E-state index contributed by atoms with van der Waals surface area (Å²) in [5.41, 5.74) is 5.77. The smallest absolute Gasteiger partial charge is 0.237 e. The van der Waals surface area contributed by atoms with Gasteiger partial charge in [0.05, 0.1) is 48.5 Å². The van der Waals surface area contributed by atoms with Gasteiger partial charge in [0, 0.05) is 78.4 Å². The first-order valence-electron chi connectivity index (χ1n) is 15.6. The topological polar surface area (TPSA) is 122 Å².